The van der Waals surface area contributed by atoms with Gasteiger partial charge in [0.05, 0.1) is 12.1 Å². The Balaban J connectivity index is 2.24. The van der Waals surface area contributed by atoms with Crippen LogP contribution >= 0.6 is 11.6 Å². The topological polar surface area (TPSA) is 90.6 Å². The summed E-state index contributed by atoms with van der Waals surface area (Å²) in [6, 6.07) is 10.5. The summed E-state index contributed by atoms with van der Waals surface area (Å²) < 4.78 is 10.4. The first kappa shape index (κ1) is 18.6. The van der Waals surface area contributed by atoms with Crippen LogP contribution in [0.4, 0.5) is 5.69 Å². The molecule has 25 heavy (non-hydrogen) atoms. The lowest BCUT2D eigenvalue weighted by Gasteiger charge is -2.13. The molecule has 0 aromatic heterocycles. The molecule has 6 nitrogen and oxygen atoms in total. The van der Waals surface area contributed by atoms with Crippen molar-refractivity contribution in [2.75, 3.05) is 19.0 Å². The lowest BCUT2D eigenvalue weighted by molar-refractivity contribution is -0.119. The number of anilines is 1. The number of hydrogen-bond donors (Lipinski definition) is 2. The maximum Gasteiger partial charge on any atom is 0.255 e. The first-order valence-corrected chi connectivity index (χ1v) is 8.01. The molecule has 132 valence electrons. The molecule has 0 aliphatic heterocycles. The number of amides is 2. The summed E-state index contributed by atoms with van der Waals surface area (Å²) >= 11 is 6.15. The number of carbonyl (C=O) groups excluding carboxylic acids is 2. The summed E-state index contributed by atoms with van der Waals surface area (Å²) in [6.45, 7) is 1.70. The van der Waals surface area contributed by atoms with Crippen LogP contribution in [0.3, 0.4) is 0 Å². The van der Waals surface area contributed by atoms with Crippen LogP contribution in [0.1, 0.15) is 22.8 Å². The minimum atomic E-state index is -0.643. The average molecular weight is 363 g/mol. The molecule has 0 fully saturated rings. The van der Waals surface area contributed by atoms with Gasteiger partial charge < -0.3 is 20.5 Å². The number of carbonyl (C=O) groups is 2. The molecule has 0 saturated carbocycles. The second-order valence-corrected chi connectivity index (χ2v) is 5.66. The Morgan fingerprint density at radius 2 is 2.00 bits per heavy atom. The van der Waals surface area contributed by atoms with E-state index in [1.165, 1.54) is 19.2 Å². The Bertz CT molecular complexity index is 793. The van der Waals surface area contributed by atoms with Gasteiger partial charge in [0.15, 0.2) is 18.1 Å². The van der Waals surface area contributed by atoms with E-state index in [1.807, 2.05) is 25.1 Å². The number of nitrogens with one attached hydrogen (secondary N) is 1. The molecule has 0 aliphatic carbocycles. The van der Waals surface area contributed by atoms with Crippen LogP contribution in [-0.4, -0.2) is 25.5 Å². The molecule has 0 unspecified atom stereocenters. The first-order valence-electron chi connectivity index (χ1n) is 7.63. The van der Waals surface area contributed by atoms with Gasteiger partial charge in [0.1, 0.15) is 0 Å². The van der Waals surface area contributed by atoms with Crippen molar-refractivity contribution >= 4 is 29.1 Å². The van der Waals surface area contributed by atoms with E-state index in [0.29, 0.717) is 11.3 Å². The monoisotopic (exact) mass is 362 g/mol. The van der Waals surface area contributed by atoms with Crippen LogP contribution in [0.15, 0.2) is 36.4 Å². The fraction of sp³-hybridized carbons (Fsp3) is 0.222. The highest BCUT2D eigenvalue weighted by molar-refractivity contribution is 6.32. The van der Waals surface area contributed by atoms with Crippen molar-refractivity contribution < 1.29 is 19.1 Å². The molecular weight excluding hydrogens is 344 g/mol. The molecule has 0 spiro atoms. The minimum absolute atomic E-state index is 0.146. The van der Waals surface area contributed by atoms with Crippen LogP contribution in [0.2, 0.25) is 5.02 Å². The highest BCUT2D eigenvalue weighted by Gasteiger charge is 2.17. The van der Waals surface area contributed by atoms with E-state index in [-0.39, 0.29) is 29.0 Å². The predicted octanol–water partition coefficient (Wildman–Crippen LogP) is 3.03. The van der Waals surface area contributed by atoms with Gasteiger partial charge in [-0.3, -0.25) is 9.59 Å². The third kappa shape index (κ3) is 4.87. The summed E-state index contributed by atoms with van der Waals surface area (Å²) in [4.78, 5) is 23.3. The molecule has 7 heteroatoms. The zero-order valence-electron chi connectivity index (χ0n) is 14.0. The number of ether oxygens (including phenoxy) is 2. The third-order valence-corrected chi connectivity index (χ3v) is 3.72. The Kier molecular flexibility index (Phi) is 6.25. The zero-order chi connectivity index (χ0) is 18.4. The summed E-state index contributed by atoms with van der Waals surface area (Å²) in [5, 5.41) is 2.96. The van der Waals surface area contributed by atoms with Crippen molar-refractivity contribution in [2.45, 2.75) is 13.3 Å². The van der Waals surface area contributed by atoms with Gasteiger partial charge in [-0.25, -0.2) is 0 Å². The molecule has 2 aromatic rings. The minimum Gasteiger partial charge on any atom is -0.493 e. The molecule has 0 aliphatic rings. The summed E-state index contributed by atoms with van der Waals surface area (Å²) in [5.41, 5.74) is 7.16. The second kappa shape index (κ2) is 8.39. The van der Waals surface area contributed by atoms with Crippen LogP contribution in [0, 0.1) is 0 Å². The van der Waals surface area contributed by atoms with Gasteiger partial charge in [-0.05, 0) is 36.2 Å². The molecule has 2 aromatic carbocycles. The number of halogens is 1. The molecule has 0 heterocycles. The molecule has 2 amide bonds. The fourth-order valence-corrected chi connectivity index (χ4v) is 2.47. The van der Waals surface area contributed by atoms with E-state index in [0.717, 1.165) is 12.0 Å². The standard InChI is InChI=1S/C18H19ClN2O4/c1-3-11-5-4-6-13(7-11)21-18(23)12-8-14(19)17(15(9-12)24-2)25-10-16(20)22/h4-9H,3,10H2,1-2H3,(H2,20,22)(H,21,23). The van der Waals surface area contributed by atoms with Crippen molar-refractivity contribution in [3.05, 3.63) is 52.5 Å². The Labute approximate surface area is 150 Å². The molecular formula is C18H19ClN2O4. The van der Waals surface area contributed by atoms with E-state index in [4.69, 9.17) is 26.8 Å². The number of methoxy groups -OCH3 is 1. The maximum atomic E-state index is 12.5. The normalized spacial score (nSPS) is 10.2. The summed E-state index contributed by atoms with van der Waals surface area (Å²) in [6.07, 6.45) is 0.870. The van der Waals surface area contributed by atoms with Crippen LogP contribution in [0.25, 0.3) is 0 Å². The van der Waals surface area contributed by atoms with Crippen molar-refractivity contribution in [1.82, 2.24) is 0 Å². The van der Waals surface area contributed by atoms with Gasteiger partial charge in [-0.2, -0.15) is 0 Å². The highest BCUT2D eigenvalue weighted by atomic mass is 35.5. The summed E-state index contributed by atoms with van der Waals surface area (Å²) in [5.74, 6) is -0.584. The third-order valence-electron chi connectivity index (χ3n) is 3.44. The van der Waals surface area contributed by atoms with Gasteiger partial charge in [0.2, 0.25) is 0 Å². The Morgan fingerprint density at radius 3 is 2.64 bits per heavy atom. The maximum absolute atomic E-state index is 12.5. The van der Waals surface area contributed by atoms with Crippen molar-refractivity contribution in [2.24, 2.45) is 5.73 Å². The SMILES string of the molecule is CCc1cccc(NC(=O)c2cc(Cl)c(OCC(N)=O)c(OC)c2)c1. The average Bonchev–Trinajstić information content (AvgIpc) is 2.59. The molecule has 0 bridgehead atoms. The van der Waals surface area contributed by atoms with Crippen molar-refractivity contribution in [3.8, 4) is 11.5 Å². The van der Waals surface area contributed by atoms with Crippen LogP contribution in [-0.2, 0) is 11.2 Å². The molecule has 2 rings (SSSR count). The number of rotatable bonds is 7. The highest BCUT2D eigenvalue weighted by Crippen LogP contribution is 2.36. The molecule has 0 atom stereocenters. The predicted molar refractivity (Wildman–Crippen MR) is 96.5 cm³/mol. The lowest BCUT2D eigenvalue weighted by Crippen LogP contribution is -2.20. The number of aryl methyl sites for hydroxylation is 1. The van der Waals surface area contributed by atoms with Gasteiger partial charge in [0.25, 0.3) is 11.8 Å². The number of benzene rings is 2. The molecule has 0 saturated heterocycles. The smallest absolute Gasteiger partial charge is 0.255 e. The Hall–Kier alpha value is -2.73. The van der Waals surface area contributed by atoms with E-state index >= 15 is 0 Å². The quantitative estimate of drug-likeness (QED) is 0.792. The lowest BCUT2D eigenvalue weighted by atomic mass is 10.1. The van der Waals surface area contributed by atoms with E-state index in [9.17, 15) is 9.59 Å². The largest absolute Gasteiger partial charge is 0.493 e. The van der Waals surface area contributed by atoms with Crippen LogP contribution in [0.5, 0.6) is 11.5 Å². The zero-order valence-corrected chi connectivity index (χ0v) is 14.7. The van der Waals surface area contributed by atoms with Gasteiger partial charge in [-0.15, -0.1) is 0 Å². The fourth-order valence-electron chi connectivity index (χ4n) is 2.21. The van der Waals surface area contributed by atoms with Crippen molar-refractivity contribution in [3.63, 3.8) is 0 Å². The number of nitrogens with two attached hydrogens (primary N) is 1. The van der Waals surface area contributed by atoms with Crippen molar-refractivity contribution in [1.29, 1.82) is 0 Å². The Morgan fingerprint density at radius 1 is 1.24 bits per heavy atom. The van der Waals surface area contributed by atoms with E-state index in [2.05, 4.69) is 5.32 Å². The first-order chi connectivity index (χ1) is 11.9. The van der Waals surface area contributed by atoms with E-state index < -0.39 is 5.91 Å². The van der Waals surface area contributed by atoms with Gasteiger partial charge >= 0.3 is 0 Å². The van der Waals surface area contributed by atoms with E-state index in [1.54, 1.807) is 6.07 Å². The van der Waals surface area contributed by atoms with Gasteiger partial charge in [-0.1, -0.05) is 30.7 Å². The van der Waals surface area contributed by atoms with Crippen LogP contribution < -0.4 is 20.5 Å². The number of primary amides is 1. The van der Waals surface area contributed by atoms with Gasteiger partial charge in [0, 0.05) is 11.3 Å². The molecule has 3 N–H and O–H groups in total. The number of hydrogen-bond acceptors (Lipinski definition) is 4. The second-order valence-electron chi connectivity index (χ2n) is 5.25. The molecule has 0 radical (unpaired) electrons. The summed E-state index contributed by atoms with van der Waals surface area (Å²) in [7, 11) is 1.41.